The van der Waals surface area contributed by atoms with Crippen LogP contribution in [0.3, 0.4) is 0 Å². The predicted molar refractivity (Wildman–Crippen MR) is 119 cm³/mol. The molecule has 30 heavy (non-hydrogen) atoms. The van der Waals surface area contributed by atoms with Crippen molar-refractivity contribution in [2.24, 2.45) is 5.41 Å². The minimum Gasteiger partial charge on any atom is -0.481 e. The highest BCUT2D eigenvalue weighted by molar-refractivity contribution is 14.1. The van der Waals surface area contributed by atoms with E-state index in [1.54, 1.807) is 6.07 Å². The number of halogens is 2. The number of carbonyl (C=O) groups is 2. The van der Waals surface area contributed by atoms with Crippen molar-refractivity contribution >= 4 is 45.4 Å². The van der Waals surface area contributed by atoms with Gasteiger partial charge in [-0.3, -0.25) is 9.59 Å². The van der Waals surface area contributed by atoms with E-state index in [1.165, 1.54) is 12.1 Å². The first kappa shape index (κ1) is 19.5. The van der Waals surface area contributed by atoms with Crippen molar-refractivity contribution in [1.82, 2.24) is 9.88 Å². The Morgan fingerprint density at radius 2 is 1.80 bits per heavy atom. The first-order valence-electron chi connectivity index (χ1n) is 9.84. The van der Waals surface area contributed by atoms with Gasteiger partial charge in [-0.2, -0.15) is 0 Å². The average Bonchev–Trinajstić information content (AvgIpc) is 3.05. The molecule has 154 valence electrons. The predicted octanol–water partition coefficient (Wildman–Crippen LogP) is 4.56. The number of nitrogens with one attached hydrogen (secondary N) is 1. The minimum atomic E-state index is -0.789. The van der Waals surface area contributed by atoms with Gasteiger partial charge in [-0.05, 0) is 83.2 Å². The van der Waals surface area contributed by atoms with E-state index in [-0.39, 0.29) is 29.1 Å². The van der Waals surface area contributed by atoms with E-state index in [2.05, 4.69) is 27.9 Å². The van der Waals surface area contributed by atoms with Gasteiger partial charge in [-0.1, -0.05) is 12.1 Å². The lowest BCUT2D eigenvalue weighted by Crippen LogP contribution is -2.75. The van der Waals surface area contributed by atoms with E-state index < -0.39 is 5.97 Å². The summed E-state index contributed by atoms with van der Waals surface area (Å²) in [4.78, 5) is 24.1. The molecular formula is C23H20FIN2O3. The van der Waals surface area contributed by atoms with Crippen LogP contribution in [0.4, 0.5) is 4.39 Å². The smallest absolute Gasteiger partial charge is 0.303 e. The molecule has 0 spiro atoms. The second-order valence-corrected chi connectivity index (χ2v) is 10.0. The van der Waals surface area contributed by atoms with Crippen molar-refractivity contribution in [1.29, 1.82) is 0 Å². The number of nitrogens with zero attached hydrogens (tertiary/aromatic N) is 1. The highest BCUT2D eigenvalue weighted by atomic mass is 127. The molecule has 0 saturated heterocycles. The molecule has 6 rings (SSSR count). The van der Waals surface area contributed by atoms with Gasteiger partial charge in [0, 0.05) is 27.2 Å². The van der Waals surface area contributed by atoms with Crippen molar-refractivity contribution in [2.75, 3.05) is 0 Å². The fourth-order valence-electron chi connectivity index (χ4n) is 5.34. The summed E-state index contributed by atoms with van der Waals surface area (Å²) in [7, 11) is 0. The second-order valence-electron chi connectivity index (χ2n) is 8.76. The van der Waals surface area contributed by atoms with Crippen LogP contribution in [0.5, 0.6) is 0 Å². The zero-order chi connectivity index (χ0) is 21.1. The van der Waals surface area contributed by atoms with Crippen molar-refractivity contribution in [3.8, 4) is 0 Å². The molecule has 0 unspecified atom stereocenters. The summed E-state index contributed by atoms with van der Waals surface area (Å²) < 4.78 is 17.5. The van der Waals surface area contributed by atoms with Gasteiger partial charge in [0.2, 0.25) is 0 Å². The molecule has 2 N–H and O–H groups in total. The summed E-state index contributed by atoms with van der Waals surface area (Å²) >= 11 is 2.25. The fraction of sp³-hybridized carbons (Fsp3) is 0.304. The Kier molecular flexibility index (Phi) is 4.43. The van der Waals surface area contributed by atoms with Crippen LogP contribution in [-0.4, -0.2) is 27.1 Å². The quantitative estimate of drug-likeness (QED) is 0.471. The second kappa shape index (κ2) is 6.80. The lowest BCUT2D eigenvalue weighted by Gasteiger charge is -2.70. The Morgan fingerprint density at radius 1 is 1.10 bits per heavy atom. The molecule has 5 nitrogen and oxygen atoms in total. The highest BCUT2D eigenvalue weighted by Crippen LogP contribution is 2.69. The molecular weight excluding hydrogens is 498 g/mol. The molecule has 3 aromatic rings. The molecule has 3 aliphatic carbocycles. The molecule has 3 fully saturated rings. The number of carboxylic acid groups (broad SMARTS) is 1. The van der Waals surface area contributed by atoms with Gasteiger partial charge >= 0.3 is 5.97 Å². The Bertz CT molecular complexity index is 1170. The molecule has 2 aromatic carbocycles. The highest BCUT2D eigenvalue weighted by Gasteiger charge is 2.68. The number of fused-ring (bicyclic) bond motifs is 1. The molecule has 3 saturated carbocycles. The number of amides is 1. The third-order valence-electron chi connectivity index (χ3n) is 6.43. The van der Waals surface area contributed by atoms with Gasteiger partial charge in [0.1, 0.15) is 5.82 Å². The van der Waals surface area contributed by atoms with Crippen LogP contribution in [0.1, 0.15) is 41.6 Å². The van der Waals surface area contributed by atoms with E-state index in [0.717, 1.165) is 9.13 Å². The van der Waals surface area contributed by atoms with E-state index in [1.807, 2.05) is 35.0 Å². The number of benzene rings is 2. The molecule has 2 bridgehead atoms. The Hall–Kier alpha value is -2.42. The fourth-order valence-corrected chi connectivity index (χ4v) is 5.70. The maximum absolute atomic E-state index is 14.4. The van der Waals surface area contributed by atoms with Crippen molar-refractivity contribution < 1.29 is 19.1 Å². The molecule has 0 radical (unpaired) electrons. The van der Waals surface area contributed by atoms with Gasteiger partial charge in [-0.25, -0.2) is 4.39 Å². The molecule has 3 aliphatic rings. The summed E-state index contributed by atoms with van der Waals surface area (Å²) in [5.41, 5.74) is 1.64. The first-order valence-corrected chi connectivity index (χ1v) is 10.9. The van der Waals surface area contributed by atoms with Crippen LogP contribution in [0.25, 0.3) is 10.9 Å². The number of hydrogen-bond acceptors (Lipinski definition) is 2. The third kappa shape index (κ3) is 3.19. The van der Waals surface area contributed by atoms with E-state index in [0.29, 0.717) is 42.3 Å². The van der Waals surface area contributed by atoms with Crippen LogP contribution in [0.15, 0.2) is 48.7 Å². The van der Waals surface area contributed by atoms with Gasteiger partial charge in [0.25, 0.3) is 5.91 Å². The zero-order valence-electron chi connectivity index (χ0n) is 16.1. The average molecular weight is 518 g/mol. The van der Waals surface area contributed by atoms with E-state index >= 15 is 0 Å². The van der Waals surface area contributed by atoms with Crippen LogP contribution < -0.4 is 5.32 Å². The van der Waals surface area contributed by atoms with Gasteiger partial charge in [-0.15, -0.1) is 0 Å². The van der Waals surface area contributed by atoms with E-state index in [4.69, 9.17) is 5.11 Å². The number of carbonyl (C=O) groups excluding carboxylic acids is 1. The zero-order valence-corrected chi connectivity index (χ0v) is 18.3. The van der Waals surface area contributed by atoms with Crippen LogP contribution in [0, 0.1) is 14.8 Å². The SMILES string of the molecule is O=C(O)CC12CC(NC(=O)c3ccc(F)c4ccn(Cc5ccc(I)cc5)c34)(C1)C2. The molecule has 0 atom stereocenters. The molecule has 0 aliphatic heterocycles. The van der Waals surface area contributed by atoms with E-state index in [9.17, 15) is 14.0 Å². The molecule has 1 aromatic heterocycles. The van der Waals surface area contributed by atoms with Crippen LogP contribution in [0.2, 0.25) is 0 Å². The lowest BCUT2D eigenvalue weighted by molar-refractivity contribution is -0.172. The molecule has 7 heteroatoms. The number of rotatable bonds is 6. The minimum absolute atomic E-state index is 0.151. The van der Waals surface area contributed by atoms with Crippen LogP contribution >= 0.6 is 22.6 Å². The topological polar surface area (TPSA) is 71.3 Å². The summed E-state index contributed by atoms with van der Waals surface area (Å²) in [5.74, 6) is -1.37. The maximum atomic E-state index is 14.4. The lowest BCUT2D eigenvalue weighted by atomic mass is 9.38. The van der Waals surface area contributed by atoms with Crippen molar-refractivity contribution in [3.63, 3.8) is 0 Å². The number of hydrogen-bond donors (Lipinski definition) is 2. The molecule has 1 amide bonds. The van der Waals surface area contributed by atoms with Crippen molar-refractivity contribution in [2.45, 2.75) is 37.8 Å². The summed E-state index contributed by atoms with van der Waals surface area (Å²) in [5, 5.41) is 12.6. The van der Waals surface area contributed by atoms with Crippen molar-refractivity contribution in [3.05, 3.63) is 69.2 Å². The number of aliphatic carboxylic acids is 1. The normalized spacial score (nSPS) is 24.2. The summed E-state index contributed by atoms with van der Waals surface area (Å²) in [6.45, 7) is 0.539. The maximum Gasteiger partial charge on any atom is 0.303 e. The van der Waals surface area contributed by atoms with Gasteiger partial charge in [0.05, 0.1) is 17.5 Å². The Balaban J connectivity index is 1.41. The van der Waals surface area contributed by atoms with Crippen LogP contribution in [-0.2, 0) is 11.3 Å². The Labute approximate surface area is 186 Å². The third-order valence-corrected chi connectivity index (χ3v) is 7.15. The largest absolute Gasteiger partial charge is 0.481 e. The van der Waals surface area contributed by atoms with Gasteiger partial charge in [0.15, 0.2) is 0 Å². The van der Waals surface area contributed by atoms with Gasteiger partial charge < -0.3 is 15.0 Å². The standard InChI is InChI=1S/C23H20FIN2O3/c24-18-6-5-17(21(30)26-23-11-22(12-23,13-23)9-19(28)29)20-16(18)7-8-27(20)10-14-1-3-15(25)4-2-14/h1-8H,9-13H2,(H,26,30)(H,28,29). The Morgan fingerprint density at radius 3 is 2.47 bits per heavy atom. The monoisotopic (exact) mass is 518 g/mol. The first-order chi connectivity index (χ1) is 14.3. The summed E-state index contributed by atoms with van der Waals surface area (Å²) in [6.07, 6.45) is 4.07. The molecule has 1 heterocycles. The number of aromatic nitrogens is 1. The number of carboxylic acids is 1. The summed E-state index contributed by atoms with van der Waals surface area (Å²) in [6, 6.07) is 12.7.